The summed E-state index contributed by atoms with van der Waals surface area (Å²) in [6.07, 6.45) is 5.72. The summed E-state index contributed by atoms with van der Waals surface area (Å²) in [5, 5.41) is 6.80. The van der Waals surface area contributed by atoms with E-state index in [2.05, 4.69) is 15.3 Å². The normalized spacial score (nSPS) is 17.8. The fourth-order valence-electron chi connectivity index (χ4n) is 2.40. The van der Waals surface area contributed by atoms with Crippen molar-refractivity contribution in [3.63, 3.8) is 0 Å². The molecule has 0 aromatic carbocycles. The Morgan fingerprint density at radius 1 is 1.44 bits per heavy atom. The Morgan fingerprint density at radius 3 is 2.78 bits per heavy atom. The zero-order valence-electron chi connectivity index (χ0n) is 11.0. The Labute approximate surface area is 108 Å². The number of ether oxygens (including phenoxy) is 1. The average Bonchev–Trinajstić information content (AvgIpc) is 2.40. The van der Waals surface area contributed by atoms with Gasteiger partial charge in [0.1, 0.15) is 5.54 Å². The lowest BCUT2D eigenvalue weighted by molar-refractivity contribution is -0.152. The summed E-state index contributed by atoms with van der Waals surface area (Å²) in [6.45, 7) is 3.39. The van der Waals surface area contributed by atoms with Crippen LogP contribution in [0.1, 0.15) is 45.4 Å². The maximum Gasteiger partial charge on any atom is 0.326 e. The summed E-state index contributed by atoms with van der Waals surface area (Å²) >= 11 is 0. The van der Waals surface area contributed by atoms with Crippen molar-refractivity contribution in [1.82, 2.24) is 5.32 Å². The Hall–Kier alpha value is -1.26. The third kappa shape index (κ3) is 4.20. The molecule has 0 heterocycles. The van der Waals surface area contributed by atoms with Crippen LogP contribution in [0.25, 0.3) is 10.4 Å². The highest BCUT2D eigenvalue weighted by atomic mass is 16.5. The highest BCUT2D eigenvalue weighted by Crippen LogP contribution is 2.29. The van der Waals surface area contributed by atoms with Crippen molar-refractivity contribution >= 4 is 5.97 Å². The number of hydrogen-bond acceptors (Lipinski definition) is 4. The quantitative estimate of drug-likeness (QED) is 0.249. The molecule has 0 radical (unpaired) electrons. The van der Waals surface area contributed by atoms with E-state index in [1.165, 1.54) is 6.42 Å². The molecule has 0 bridgehead atoms. The molecular weight excluding hydrogens is 232 g/mol. The number of esters is 1. The van der Waals surface area contributed by atoms with Crippen molar-refractivity contribution in [1.29, 1.82) is 0 Å². The third-order valence-corrected chi connectivity index (χ3v) is 3.33. The maximum absolute atomic E-state index is 12.1. The highest BCUT2D eigenvalue weighted by molar-refractivity contribution is 5.81. The van der Waals surface area contributed by atoms with Gasteiger partial charge < -0.3 is 10.1 Å². The maximum atomic E-state index is 12.1. The molecule has 1 saturated carbocycles. The molecule has 1 aliphatic rings. The predicted molar refractivity (Wildman–Crippen MR) is 69.1 cm³/mol. The van der Waals surface area contributed by atoms with Crippen LogP contribution in [0.3, 0.4) is 0 Å². The molecule has 0 aliphatic heterocycles. The van der Waals surface area contributed by atoms with Crippen LogP contribution in [0.15, 0.2) is 5.11 Å². The summed E-state index contributed by atoms with van der Waals surface area (Å²) < 4.78 is 5.18. The highest BCUT2D eigenvalue weighted by Gasteiger charge is 2.40. The molecule has 0 aromatic rings. The van der Waals surface area contributed by atoms with Crippen LogP contribution in [-0.2, 0) is 9.53 Å². The predicted octanol–water partition coefficient (Wildman–Crippen LogP) is 2.54. The summed E-state index contributed by atoms with van der Waals surface area (Å²) in [7, 11) is 0. The molecule has 0 saturated heterocycles. The van der Waals surface area contributed by atoms with Crippen LogP contribution in [0.4, 0.5) is 0 Å². The van der Waals surface area contributed by atoms with Crippen molar-refractivity contribution in [3.8, 4) is 0 Å². The minimum atomic E-state index is -0.509. The number of rotatable bonds is 7. The topological polar surface area (TPSA) is 87.1 Å². The second kappa shape index (κ2) is 7.95. The van der Waals surface area contributed by atoms with Crippen LogP contribution >= 0.6 is 0 Å². The Kier molecular flexibility index (Phi) is 6.54. The Balaban J connectivity index is 2.49. The lowest BCUT2D eigenvalue weighted by Crippen LogP contribution is -2.54. The molecule has 0 unspecified atom stereocenters. The van der Waals surface area contributed by atoms with Gasteiger partial charge in [-0.15, -0.1) is 0 Å². The first kappa shape index (κ1) is 14.8. The molecule has 18 heavy (non-hydrogen) atoms. The van der Waals surface area contributed by atoms with Crippen LogP contribution in [0, 0.1) is 0 Å². The summed E-state index contributed by atoms with van der Waals surface area (Å²) in [4.78, 5) is 14.8. The first-order valence-electron chi connectivity index (χ1n) is 6.68. The first-order chi connectivity index (χ1) is 8.75. The molecule has 6 nitrogen and oxygen atoms in total. The minimum Gasteiger partial charge on any atom is -0.465 e. The molecular formula is C12H22N4O2. The van der Waals surface area contributed by atoms with E-state index in [0.29, 0.717) is 19.7 Å². The van der Waals surface area contributed by atoms with E-state index < -0.39 is 5.54 Å². The third-order valence-electron chi connectivity index (χ3n) is 3.33. The number of hydrogen-bond donors (Lipinski definition) is 1. The lowest BCUT2D eigenvalue weighted by Gasteiger charge is -2.35. The van der Waals surface area contributed by atoms with E-state index >= 15 is 0 Å². The minimum absolute atomic E-state index is 0.131. The average molecular weight is 254 g/mol. The first-order valence-corrected chi connectivity index (χ1v) is 6.68. The van der Waals surface area contributed by atoms with Crippen LogP contribution in [0.2, 0.25) is 0 Å². The van der Waals surface area contributed by atoms with E-state index in [4.69, 9.17) is 10.3 Å². The molecule has 0 aromatic heterocycles. The molecule has 1 N–H and O–H groups in total. The number of nitrogens with zero attached hydrogens (tertiary/aromatic N) is 3. The molecule has 1 fully saturated rings. The summed E-state index contributed by atoms with van der Waals surface area (Å²) in [5.74, 6) is -0.131. The van der Waals surface area contributed by atoms with Gasteiger partial charge in [0.05, 0.1) is 6.61 Å². The van der Waals surface area contributed by atoms with Crippen molar-refractivity contribution in [2.24, 2.45) is 5.11 Å². The van der Waals surface area contributed by atoms with E-state index in [1.807, 2.05) is 6.92 Å². The monoisotopic (exact) mass is 254 g/mol. The van der Waals surface area contributed by atoms with Gasteiger partial charge in [-0.2, -0.15) is 0 Å². The fourth-order valence-corrected chi connectivity index (χ4v) is 2.40. The zero-order chi connectivity index (χ0) is 13.3. The smallest absolute Gasteiger partial charge is 0.326 e. The number of carbonyl (C=O) groups is 1. The molecule has 102 valence electrons. The number of nitrogens with one attached hydrogen (secondary N) is 1. The second-order valence-electron chi connectivity index (χ2n) is 4.60. The Morgan fingerprint density at radius 2 is 2.17 bits per heavy atom. The zero-order valence-corrected chi connectivity index (χ0v) is 11.0. The second-order valence-corrected chi connectivity index (χ2v) is 4.60. The van der Waals surface area contributed by atoms with Crippen molar-refractivity contribution in [3.05, 3.63) is 10.4 Å². The largest absolute Gasteiger partial charge is 0.465 e. The van der Waals surface area contributed by atoms with Gasteiger partial charge in [0, 0.05) is 11.5 Å². The van der Waals surface area contributed by atoms with Gasteiger partial charge in [0.2, 0.25) is 0 Å². The van der Waals surface area contributed by atoms with Gasteiger partial charge in [-0.05, 0) is 38.3 Å². The van der Waals surface area contributed by atoms with Crippen LogP contribution in [-0.4, -0.2) is 31.2 Å². The van der Waals surface area contributed by atoms with E-state index in [9.17, 15) is 4.79 Å². The van der Waals surface area contributed by atoms with E-state index in [1.54, 1.807) is 0 Å². The van der Waals surface area contributed by atoms with Crippen molar-refractivity contribution in [2.75, 3.05) is 19.7 Å². The lowest BCUT2D eigenvalue weighted by atomic mass is 9.81. The standard InChI is InChI=1S/C12H22N4O2/c1-2-18-11(17)12(7-4-3-5-8-12)14-9-6-10-15-16-13/h14H,2-10H2,1H3. The molecule has 1 rings (SSSR count). The SMILES string of the molecule is CCOC(=O)C1(NCCCN=[N+]=[N-])CCCCC1. The van der Waals surface area contributed by atoms with E-state index in [-0.39, 0.29) is 5.97 Å². The van der Waals surface area contributed by atoms with Gasteiger partial charge in [0.25, 0.3) is 0 Å². The van der Waals surface area contributed by atoms with Crippen molar-refractivity contribution < 1.29 is 9.53 Å². The summed E-state index contributed by atoms with van der Waals surface area (Å²) in [5.41, 5.74) is 7.68. The molecule has 1 aliphatic carbocycles. The molecule has 0 spiro atoms. The van der Waals surface area contributed by atoms with Crippen molar-refractivity contribution in [2.45, 2.75) is 51.0 Å². The molecule has 0 atom stereocenters. The Bertz CT molecular complexity index is 307. The van der Waals surface area contributed by atoms with Gasteiger partial charge >= 0.3 is 5.97 Å². The van der Waals surface area contributed by atoms with Gasteiger partial charge in [-0.1, -0.05) is 24.4 Å². The fraction of sp³-hybridized carbons (Fsp3) is 0.917. The van der Waals surface area contributed by atoms with E-state index in [0.717, 1.165) is 32.1 Å². The van der Waals surface area contributed by atoms with Crippen LogP contribution in [0.5, 0.6) is 0 Å². The van der Waals surface area contributed by atoms with Gasteiger partial charge in [-0.3, -0.25) is 4.79 Å². The molecule has 6 heteroatoms. The van der Waals surface area contributed by atoms with Gasteiger partial charge in [0.15, 0.2) is 0 Å². The van der Waals surface area contributed by atoms with Crippen LogP contribution < -0.4 is 5.32 Å². The molecule has 0 amide bonds. The summed E-state index contributed by atoms with van der Waals surface area (Å²) in [6, 6.07) is 0. The number of azide groups is 1. The van der Waals surface area contributed by atoms with Gasteiger partial charge in [-0.25, -0.2) is 0 Å². The number of carbonyl (C=O) groups excluding carboxylic acids is 1.